The van der Waals surface area contributed by atoms with Gasteiger partial charge in [-0.25, -0.2) is 0 Å². The summed E-state index contributed by atoms with van der Waals surface area (Å²) in [6.07, 6.45) is 2.14. The van der Waals surface area contributed by atoms with Crippen molar-refractivity contribution in [2.24, 2.45) is 0 Å². The predicted octanol–water partition coefficient (Wildman–Crippen LogP) is -0.745. The zero-order valence-electron chi connectivity index (χ0n) is 4.70. The van der Waals surface area contributed by atoms with Crippen molar-refractivity contribution in [1.82, 2.24) is 0 Å². The van der Waals surface area contributed by atoms with Crippen LogP contribution >= 0.6 is 0 Å². The van der Waals surface area contributed by atoms with Crippen molar-refractivity contribution in [2.45, 2.75) is 11.7 Å². The van der Waals surface area contributed by atoms with Gasteiger partial charge in [-0.05, 0) is 12.2 Å². The highest BCUT2D eigenvalue weighted by molar-refractivity contribution is 6.02. The predicted molar refractivity (Wildman–Crippen MR) is 28.8 cm³/mol. The minimum atomic E-state index is -0.833. The van der Waals surface area contributed by atoms with E-state index >= 15 is 0 Å². The van der Waals surface area contributed by atoms with Crippen molar-refractivity contribution in [3.63, 3.8) is 0 Å². The van der Waals surface area contributed by atoms with Gasteiger partial charge in [0.15, 0.2) is 11.4 Å². The van der Waals surface area contributed by atoms with Gasteiger partial charge >= 0.3 is 0 Å². The molecular weight excluding hydrogens is 120 g/mol. The molecule has 1 saturated heterocycles. The summed E-state index contributed by atoms with van der Waals surface area (Å²) in [7, 11) is 0. The Hall–Kier alpha value is -0.670. The molecule has 3 heteroatoms. The lowest BCUT2D eigenvalue weighted by Crippen LogP contribution is -2.30. The van der Waals surface area contributed by atoms with Gasteiger partial charge in [-0.2, -0.15) is 0 Å². The maximum atomic E-state index is 10.8. The second-order valence-electron chi connectivity index (χ2n) is 2.35. The lowest BCUT2D eigenvalue weighted by atomic mass is 10.1. The Balaban J connectivity index is 2.34. The molecule has 1 heterocycles. The molecule has 1 spiro atoms. The Morgan fingerprint density at radius 3 is 2.78 bits per heavy atom. The SMILES string of the molecule is O=C1C=CC(O)C12CO2. The van der Waals surface area contributed by atoms with Crippen molar-refractivity contribution in [1.29, 1.82) is 0 Å². The Labute approximate surface area is 51.9 Å². The number of ketones is 1. The van der Waals surface area contributed by atoms with Crippen LogP contribution in [0.1, 0.15) is 0 Å². The fourth-order valence-electron chi connectivity index (χ4n) is 1.01. The van der Waals surface area contributed by atoms with Gasteiger partial charge in [0.05, 0.1) is 6.61 Å². The van der Waals surface area contributed by atoms with Gasteiger partial charge in [0, 0.05) is 0 Å². The summed E-state index contributed by atoms with van der Waals surface area (Å²) in [6.45, 7) is 0.375. The van der Waals surface area contributed by atoms with Crippen LogP contribution in [0.5, 0.6) is 0 Å². The number of aliphatic hydroxyl groups is 1. The molecule has 0 aromatic carbocycles. The average molecular weight is 126 g/mol. The zero-order chi connectivity index (χ0) is 6.48. The van der Waals surface area contributed by atoms with E-state index in [1.165, 1.54) is 12.2 Å². The summed E-state index contributed by atoms with van der Waals surface area (Å²) < 4.78 is 4.82. The van der Waals surface area contributed by atoms with E-state index in [1.807, 2.05) is 0 Å². The number of hydrogen-bond donors (Lipinski definition) is 1. The third-order valence-corrected chi connectivity index (χ3v) is 1.78. The lowest BCUT2D eigenvalue weighted by molar-refractivity contribution is -0.120. The van der Waals surface area contributed by atoms with Crippen LogP contribution in [0, 0.1) is 0 Å². The van der Waals surface area contributed by atoms with Crippen molar-refractivity contribution >= 4 is 5.78 Å². The van der Waals surface area contributed by atoms with Crippen LogP contribution < -0.4 is 0 Å². The van der Waals surface area contributed by atoms with Gasteiger partial charge in [0.1, 0.15) is 6.10 Å². The van der Waals surface area contributed by atoms with Crippen LogP contribution in [0.15, 0.2) is 12.2 Å². The van der Waals surface area contributed by atoms with Crippen LogP contribution in [0.25, 0.3) is 0 Å². The molecule has 2 atom stereocenters. The van der Waals surface area contributed by atoms with E-state index in [1.54, 1.807) is 0 Å². The molecule has 9 heavy (non-hydrogen) atoms. The third kappa shape index (κ3) is 0.458. The van der Waals surface area contributed by atoms with Crippen LogP contribution in [-0.4, -0.2) is 29.2 Å². The highest BCUT2D eigenvalue weighted by atomic mass is 16.6. The fourth-order valence-corrected chi connectivity index (χ4v) is 1.01. The fraction of sp³-hybridized carbons (Fsp3) is 0.500. The normalized spacial score (nSPS) is 46.8. The van der Waals surface area contributed by atoms with Crippen LogP contribution in [0.4, 0.5) is 0 Å². The molecule has 1 fully saturated rings. The van der Waals surface area contributed by atoms with Gasteiger partial charge in [0.2, 0.25) is 0 Å². The molecule has 0 aromatic heterocycles. The molecule has 2 rings (SSSR count). The summed E-state index contributed by atoms with van der Waals surface area (Å²) >= 11 is 0. The Bertz CT molecular complexity index is 190. The maximum Gasteiger partial charge on any atom is 0.192 e. The standard InChI is InChI=1S/C6H6O3/c7-4-1-2-5(8)6(4)3-9-6/h1-2,4,7H,3H2. The number of ether oxygens (including phenoxy) is 1. The highest BCUT2D eigenvalue weighted by Crippen LogP contribution is 2.36. The van der Waals surface area contributed by atoms with Crippen molar-refractivity contribution in [3.8, 4) is 0 Å². The second kappa shape index (κ2) is 1.25. The molecule has 1 aliphatic carbocycles. The summed E-state index contributed by atoms with van der Waals surface area (Å²) in [5, 5.41) is 9.06. The first-order valence-electron chi connectivity index (χ1n) is 2.80. The van der Waals surface area contributed by atoms with Gasteiger partial charge in [-0.15, -0.1) is 0 Å². The van der Waals surface area contributed by atoms with E-state index in [4.69, 9.17) is 9.84 Å². The van der Waals surface area contributed by atoms with E-state index in [0.717, 1.165) is 0 Å². The molecule has 2 unspecified atom stereocenters. The number of carbonyl (C=O) groups is 1. The zero-order valence-corrected chi connectivity index (χ0v) is 4.70. The van der Waals surface area contributed by atoms with Gasteiger partial charge in [-0.3, -0.25) is 4.79 Å². The lowest BCUT2D eigenvalue weighted by Gasteiger charge is -2.03. The van der Waals surface area contributed by atoms with Crippen molar-refractivity contribution in [3.05, 3.63) is 12.2 Å². The molecule has 3 nitrogen and oxygen atoms in total. The van der Waals surface area contributed by atoms with Crippen molar-refractivity contribution in [2.75, 3.05) is 6.61 Å². The number of hydrogen-bond acceptors (Lipinski definition) is 3. The molecule has 0 saturated carbocycles. The van der Waals surface area contributed by atoms with Crippen LogP contribution in [-0.2, 0) is 9.53 Å². The Morgan fingerprint density at radius 2 is 2.56 bits per heavy atom. The first kappa shape index (κ1) is 5.14. The quantitative estimate of drug-likeness (QED) is 0.435. The van der Waals surface area contributed by atoms with Gasteiger partial charge in [-0.1, -0.05) is 0 Å². The molecule has 0 aromatic rings. The van der Waals surface area contributed by atoms with E-state index in [-0.39, 0.29) is 5.78 Å². The van der Waals surface area contributed by atoms with E-state index in [9.17, 15) is 4.79 Å². The minimum Gasteiger partial charge on any atom is -0.385 e. The monoisotopic (exact) mass is 126 g/mol. The van der Waals surface area contributed by atoms with Gasteiger partial charge < -0.3 is 9.84 Å². The van der Waals surface area contributed by atoms with E-state index in [2.05, 4.69) is 0 Å². The molecule has 1 N–H and O–H groups in total. The van der Waals surface area contributed by atoms with Crippen molar-refractivity contribution < 1.29 is 14.6 Å². The highest BCUT2D eigenvalue weighted by Gasteiger charge is 2.58. The first-order chi connectivity index (χ1) is 4.26. The number of epoxide rings is 1. The Kier molecular flexibility index (Phi) is 0.714. The largest absolute Gasteiger partial charge is 0.385 e. The number of carbonyl (C=O) groups excluding carboxylic acids is 1. The molecular formula is C6H6O3. The molecule has 0 amide bonds. The Morgan fingerprint density at radius 1 is 1.89 bits per heavy atom. The molecule has 2 aliphatic rings. The topological polar surface area (TPSA) is 49.8 Å². The van der Waals surface area contributed by atoms with E-state index in [0.29, 0.717) is 6.61 Å². The summed E-state index contributed by atoms with van der Waals surface area (Å²) in [6, 6.07) is 0. The number of aliphatic hydroxyl groups excluding tert-OH is 1. The summed E-state index contributed by atoms with van der Waals surface area (Å²) in [4.78, 5) is 10.8. The summed E-state index contributed by atoms with van der Waals surface area (Å²) in [5.41, 5.74) is -0.833. The second-order valence-corrected chi connectivity index (χ2v) is 2.35. The minimum absolute atomic E-state index is 0.102. The molecule has 1 aliphatic heterocycles. The molecule has 0 bridgehead atoms. The summed E-state index contributed by atoms with van der Waals surface area (Å²) in [5.74, 6) is -0.102. The smallest absolute Gasteiger partial charge is 0.192 e. The molecule has 48 valence electrons. The van der Waals surface area contributed by atoms with E-state index < -0.39 is 11.7 Å². The first-order valence-corrected chi connectivity index (χ1v) is 2.80. The van der Waals surface area contributed by atoms with Gasteiger partial charge in [0.25, 0.3) is 0 Å². The third-order valence-electron chi connectivity index (χ3n) is 1.78. The average Bonchev–Trinajstić information content (AvgIpc) is 2.56. The van der Waals surface area contributed by atoms with Crippen LogP contribution in [0.2, 0.25) is 0 Å². The van der Waals surface area contributed by atoms with Crippen LogP contribution in [0.3, 0.4) is 0 Å². The number of rotatable bonds is 0. The molecule has 0 radical (unpaired) electrons. The maximum absolute atomic E-state index is 10.8.